The van der Waals surface area contributed by atoms with E-state index < -0.39 is 0 Å². The van der Waals surface area contributed by atoms with Gasteiger partial charge in [0.2, 0.25) is 0 Å². The number of nitrogens with one attached hydrogen (secondary N) is 1. The molecule has 0 aliphatic carbocycles. The lowest BCUT2D eigenvalue weighted by molar-refractivity contribution is 0.280. The van der Waals surface area contributed by atoms with E-state index in [1.165, 1.54) is 122 Å². The topological polar surface area (TPSA) is 15.3 Å². The summed E-state index contributed by atoms with van der Waals surface area (Å²) in [5, 5.41) is 3.43. The number of rotatable bonds is 22. The normalized spacial score (nSPS) is 11.5. The highest BCUT2D eigenvalue weighted by Crippen LogP contribution is 2.13. The van der Waals surface area contributed by atoms with Crippen LogP contribution in [-0.4, -0.2) is 37.6 Å². The van der Waals surface area contributed by atoms with Crippen molar-refractivity contribution >= 4 is 0 Å². The summed E-state index contributed by atoms with van der Waals surface area (Å²) in [6, 6.07) is 0. The third kappa shape index (κ3) is 20.2. The Kier molecular flexibility index (Phi) is 22.9. The van der Waals surface area contributed by atoms with Crippen molar-refractivity contribution in [1.29, 1.82) is 0 Å². The van der Waals surface area contributed by atoms with Crippen LogP contribution in [0.3, 0.4) is 0 Å². The summed E-state index contributed by atoms with van der Waals surface area (Å²) in [6.07, 6.45) is 23.3. The van der Waals surface area contributed by atoms with Gasteiger partial charge in [0.1, 0.15) is 0 Å². The van der Waals surface area contributed by atoms with E-state index in [4.69, 9.17) is 0 Å². The molecular weight excluding hydrogens is 316 g/mol. The number of nitrogens with zero attached hydrogens (tertiary/aromatic N) is 1. The molecular formula is C24H52N2. The van der Waals surface area contributed by atoms with Gasteiger partial charge in [-0.15, -0.1) is 0 Å². The van der Waals surface area contributed by atoms with Crippen LogP contribution in [-0.2, 0) is 0 Å². The van der Waals surface area contributed by atoms with Crippen LogP contribution in [0.2, 0.25) is 0 Å². The average molecular weight is 369 g/mol. The first kappa shape index (κ1) is 25.9. The molecule has 0 unspecified atom stereocenters. The zero-order valence-corrected chi connectivity index (χ0v) is 18.8. The summed E-state index contributed by atoms with van der Waals surface area (Å²) in [4.78, 5) is 2.59. The molecule has 0 atom stereocenters. The summed E-state index contributed by atoms with van der Waals surface area (Å²) in [6.45, 7) is 12.7. The molecule has 0 bridgehead atoms. The van der Waals surface area contributed by atoms with Crippen LogP contribution in [0.5, 0.6) is 0 Å². The number of hydrogen-bond acceptors (Lipinski definition) is 2. The van der Waals surface area contributed by atoms with Gasteiger partial charge in [0.15, 0.2) is 0 Å². The minimum absolute atomic E-state index is 1.09. The second-order valence-corrected chi connectivity index (χ2v) is 8.09. The lowest BCUT2D eigenvalue weighted by Gasteiger charge is -2.20. The van der Waals surface area contributed by atoms with Crippen LogP contribution in [0.1, 0.15) is 124 Å². The fourth-order valence-corrected chi connectivity index (χ4v) is 3.73. The Morgan fingerprint density at radius 2 is 0.923 bits per heavy atom. The molecule has 0 aliphatic rings. The third-order valence-corrected chi connectivity index (χ3v) is 5.63. The second kappa shape index (κ2) is 23.0. The van der Waals surface area contributed by atoms with Crippen molar-refractivity contribution in [2.24, 2.45) is 0 Å². The van der Waals surface area contributed by atoms with Gasteiger partial charge in [0, 0.05) is 13.1 Å². The first-order valence-electron chi connectivity index (χ1n) is 12.3. The van der Waals surface area contributed by atoms with E-state index >= 15 is 0 Å². The highest BCUT2D eigenvalue weighted by atomic mass is 15.1. The molecule has 0 fully saturated rings. The van der Waals surface area contributed by atoms with Crippen molar-refractivity contribution in [2.75, 3.05) is 32.7 Å². The molecule has 0 aromatic rings. The van der Waals surface area contributed by atoms with Gasteiger partial charge in [-0.3, -0.25) is 0 Å². The van der Waals surface area contributed by atoms with Crippen LogP contribution in [0.4, 0.5) is 0 Å². The van der Waals surface area contributed by atoms with Gasteiger partial charge in [-0.05, 0) is 26.1 Å². The predicted octanol–water partition coefficient (Wildman–Crippen LogP) is 7.18. The Morgan fingerprint density at radius 3 is 1.31 bits per heavy atom. The molecule has 26 heavy (non-hydrogen) atoms. The summed E-state index contributed by atoms with van der Waals surface area (Å²) < 4.78 is 0. The van der Waals surface area contributed by atoms with Crippen molar-refractivity contribution in [3.8, 4) is 0 Å². The minimum atomic E-state index is 1.09. The van der Waals surface area contributed by atoms with Gasteiger partial charge in [-0.1, -0.05) is 117 Å². The summed E-state index contributed by atoms with van der Waals surface area (Å²) in [5.41, 5.74) is 0. The van der Waals surface area contributed by atoms with Crippen LogP contribution >= 0.6 is 0 Å². The first-order valence-corrected chi connectivity index (χ1v) is 12.3. The maximum Gasteiger partial charge on any atom is 0.0107 e. The maximum absolute atomic E-state index is 3.43. The Balaban J connectivity index is 3.14. The highest BCUT2D eigenvalue weighted by Gasteiger charge is 2.01. The maximum atomic E-state index is 3.43. The SMILES string of the molecule is CCCCCCCCCCCCCCCCCCN(CC)CCNCC. The van der Waals surface area contributed by atoms with E-state index in [1.54, 1.807) is 0 Å². The molecule has 0 saturated heterocycles. The Hall–Kier alpha value is -0.0800. The Morgan fingerprint density at radius 1 is 0.500 bits per heavy atom. The molecule has 0 radical (unpaired) electrons. The number of hydrogen-bond donors (Lipinski definition) is 1. The van der Waals surface area contributed by atoms with Crippen molar-refractivity contribution in [3.63, 3.8) is 0 Å². The number of likely N-dealkylation sites (N-methyl/N-ethyl adjacent to an activating group) is 2. The van der Waals surface area contributed by atoms with E-state index in [0.717, 1.165) is 13.1 Å². The molecule has 0 amide bonds. The van der Waals surface area contributed by atoms with Crippen molar-refractivity contribution in [3.05, 3.63) is 0 Å². The first-order chi connectivity index (χ1) is 12.8. The molecule has 0 aromatic heterocycles. The van der Waals surface area contributed by atoms with E-state index in [-0.39, 0.29) is 0 Å². The average Bonchev–Trinajstić information content (AvgIpc) is 2.66. The zero-order chi connectivity index (χ0) is 19.1. The smallest absolute Gasteiger partial charge is 0.0107 e. The van der Waals surface area contributed by atoms with Gasteiger partial charge in [0.25, 0.3) is 0 Å². The van der Waals surface area contributed by atoms with Gasteiger partial charge in [-0.25, -0.2) is 0 Å². The van der Waals surface area contributed by atoms with Crippen LogP contribution < -0.4 is 5.32 Å². The standard InChI is InChI=1S/C24H52N2/c1-4-7-8-9-10-11-12-13-14-15-16-17-18-19-20-21-23-26(6-3)24-22-25-5-2/h25H,4-24H2,1-3H3. The molecule has 0 rings (SSSR count). The Bertz CT molecular complexity index is 242. The van der Waals surface area contributed by atoms with E-state index in [1.807, 2.05) is 0 Å². The summed E-state index contributed by atoms with van der Waals surface area (Å²) >= 11 is 0. The fraction of sp³-hybridized carbons (Fsp3) is 1.00. The predicted molar refractivity (Wildman–Crippen MR) is 120 cm³/mol. The van der Waals surface area contributed by atoms with Gasteiger partial charge < -0.3 is 10.2 Å². The lowest BCUT2D eigenvalue weighted by atomic mass is 10.0. The van der Waals surface area contributed by atoms with Crippen molar-refractivity contribution < 1.29 is 0 Å². The molecule has 0 spiro atoms. The Labute approximate surface area is 166 Å². The van der Waals surface area contributed by atoms with Crippen molar-refractivity contribution in [2.45, 2.75) is 124 Å². The van der Waals surface area contributed by atoms with E-state index in [9.17, 15) is 0 Å². The monoisotopic (exact) mass is 368 g/mol. The molecule has 2 nitrogen and oxygen atoms in total. The molecule has 1 N–H and O–H groups in total. The van der Waals surface area contributed by atoms with Gasteiger partial charge in [0.05, 0.1) is 0 Å². The number of unbranched alkanes of at least 4 members (excludes halogenated alkanes) is 15. The molecule has 0 saturated carbocycles. The molecule has 158 valence electrons. The van der Waals surface area contributed by atoms with Crippen LogP contribution in [0, 0.1) is 0 Å². The molecule has 0 aliphatic heterocycles. The zero-order valence-electron chi connectivity index (χ0n) is 18.8. The van der Waals surface area contributed by atoms with Gasteiger partial charge in [-0.2, -0.15) is 0 Å². The largest absolute Gasteiger partial charge is 0.316 e. The minimum Gasteiger partial charge on any atom is -0.316 e. The molecule has 0 aromatic carbocycles. The molecule has 0 heterocycles. The molecule has 2 heteroatoms. The van der Waals surface area contributed by atoms with Gasteiger partial charge >= 0.3 is 0 Å². The lowest BCUT2D eigenvalue weighted by Crippen LogP contribution is -2.32. The van der Waals surface area contributed by atoms with Crippen molar-refractivity contribution in [1.82, 2.24) is 10.2 Å². The second-order valence-electron chi connectivity index (χ2n) is 8.09. The highest BCUT2D eigenvalue weighted by molar-refractivity contribution is 4.58. The van der Waals surface area contributed by atoms with Crippen LogP contribution in [0.15, 0.2) is 0 Å². The summed E-state index contributed by atoms with van der Waals surface area (Å²) in [7, 11) is 0. The van der Waals surface area contributed by atoms with E-state index in [0.29, 0.717) is 0 Å². The third-order valence-electron chi connectivity index (χ3n) is 5.63. The fourth-order valence-electron chi connectivity index (χ4n) is 3.73. The van der Waals surface area contributed by atoms with E-state index in [2.05, 4.69) is 31.0 Å². The quantitative estimate of drug-likeness (QED) is 0.204. The van der Waals surface area contributed by atoms with Crippen LogP contribution in [0.25, 0.3) is 0 Å². The summed E-state index contributed by atoms with van der Waals surface area (Å²) in [5.74, 6) is 0.